The van der Waals surface area contributed by atoms with Crippen LogP contribution in [-0.2, 0) is 9.59 Å². The fourth-order valence-electron chi connectivity index (χ4n) is 1.61. The smallest absolute Gasteiger partial charge is 0.133 e. The largest absolute Gasteiger partial charge is 0.300 e. The number of hydrogen-bond acceptors (Lipinski definition) is 4. The average Bonchev–Trinajstić information content (AvgIpc) is 2.32. The molecule has 0 bridgehead atoms. The summed E-state index contributed by atoms with van der Waals surface area (Å²) in [5.41, 5.74) is 0. The van der Waals surface area contributed by atoms with Crippen molar-refractivity contribution >= 4 is 35.1 Å². The molecule has 2 unspecified atom stereocenters. The lowest BCUT2D eigenvalue weighted by molar-refractivity contribution is -0.120. The summed E-state index contributed by atoms with van der Waals surface area (Å²) >= 11 is 3.71. The first kappa shape index (κ1) is 18.0. The summed E-state index contributed by atoms with van der Waals surface area (Å²) < 4.78 is 0. The number of carbonyl (C=O) groups is 2. The number of hydrogen-bond donors (Lipinski definition) is 0. The van der Waals surface area contributed by atoms with E-state index in [1.54, 1.807) is 13.8 Å². The van der Waals surface area contributed by atoms with Gasteiger partial charge in [0.15, 0.2) is 0 Å². The van der Waals surface area contributed by atoms with E-state index in [0.29, 0.717) is 11.6 Å². The van der Waals surface area contributed by atoms with Crippen molar-refractivity contribution in [3.8, 4) is 0 Å². The fraction of sp³-hybridized carbons (Fsp3) is 0.857. The fourth-order valence-corrected chi connectivity index (χ4v) is 4.40. The third-order valence-corrected chi connectivity index (χ3v) is 5.67. The summed E-state index contributed by atoms with van der Waals surface area (Å²) in [6.45, 7) is 7.50. The Bertz CT molecular complexity index is 228. The second kappa shape index (κ2) is 10.9. The minimum absolute atomic E-state index is 0.223. The van der Waals surface area contributed by atoms with Crippen LogP contribution in [-0.4, -0.2) is 34.6 Å². The molecule has 0 amide bonds. The molecular weight excluding hydrogens is 264 g/mol. The van der Waals surface area contributed by atoms with Gasteiger partial charge in [0.2, 0.25) is 0 Å². The Morgan fingerprint density at radius 2 is 1.17 bits per heavy atom. The zero-order valence-electron chi connectivity index (χ0n) is 12.0. The van der Waals surface area contributed by atoms with Crippen molar-refractivity contribution in [1.29, 1.82) is 0 Å². The van der Waals surface area contributed by atoms with Crippen LogP contribution in [0.5, 0.6) is 0 Å². The minimum Gasteiger partial charge on any atom is -0.300 e. The van der Waals surface area contributed by atoms with Gasteiger partial charge in [0.05, 0.1) is 0 Å². The molecule has 0 aromatic carbocycles. The minimum atomic E-state index is 0.223. The van der Waals surface area contributed by atoms with Crippen LogP contribution >= 0.6 is 23.5 Å². The molecule has 0 spiro atoms. The number of rotatable bonds is 11. The summed E-state index contributed by atoms with van der Waals surface area (Å²) in [6.07, 6.45) is 1.88. The first-order chi connectivity index (χ1) is 8.52. The van der Waals surface area contributed by atoms with E-state index in [4.69, 9.17) is 0 Å². The Hall–Kier alpha value is 0.0400. The van der Waals surface area contributed by atoms with Crippen molar-refractivity contribution in [2.75, 3.05) is 23.0 Å². The van der Waals surface area contributed by atoms with E-state index in [9.17, 15) is 9.59 Å². The van der Waals surface area contributed by atoms with Crippen LogP contribution in [0.3, 0.4) is 0 Å². The van der Waals surface area contributed by atoms with E-state index in [0.717, 1.165) is 35.9 Å². The van der Waals surface area contributed by atoms with Crippen molar-refractivity contribution in [1.82, 2.24) is 0 Å². The lowest BCUT2D eigenvalue weighted by Gasteiger charge is -2.12. The highest BCUT2D eigenvalue weighted by Gasteiger charge is 2.12. The number of carbonyl (C=O) groups excluding carboxylic acids is 2. The highest BCUT2D eigenvalue weighted by molar-refractivity contribution is 8.02. The summed E-state index contributed by atoms with van der Waals surface area (Å²) in [5, 5.41) is 0. The second-order valence-electron chi connectivity index (χ2n) is 4.58. The van der Waals surface area contributed by atoms with Crippen LogP contribution in [0.25, 0.3) is 0 Å². The molecule has 0 aromatic rings. The van der Waals surface area contributed by atoms with Gasteiger partial charge in [0.25, 0.3) is 0 Å². The maximum Gasteiger partial charge on any atom is 0.133 e. The predicted octanol–water partition coefficient (Wildman–Crippen LogP) is 3.68. The summed E-state index contributed by atoms with van der Waals surface area (Å²) in [4.78, 5) is 22.5. The molecule has 0 saturated heterocycles. The van der Waals surface area contributed by atoms with Crippen LogP contribution in [0.4, 0.5) is 0 Å². The first-order valence-corrected chi connectivity index (χ1v) is 9.00. The van der Waals surface area contributed by atoms with Crippen molar-refractivity contribution in [2.24, 2.45) is 11.8 Å². The number of thioether (sulfide) groups is 2. The van der Waals surface area contributed by atoms with E-state index in [1.165, 1.54) is 0 Å². The van der Waals surface area contributed by atoms with E-state index >= 15 is 0 Å². The van der Waals surface area contributed by atoms with Crippen molar-refractivity contribution < 1.29 is 9.59 Å². The maximum atomic E-state index is 11.2. The molecule has 0 rings (SSSR count). The normalized spacial score (nSPS) is 14.2. The van der Waals surface area contributed by atoms with Gasteiger partial charge in [0.1, 0.15) is 11.6 Å². The number of ketones is 2. The molecule has 0 aromatic heterocycles. The van der Waals surface area contributed by atoms with Gasteiger partial charge in [-0.3, -0.25) is 9.59 Å². The zero-order valence-corrected chi connectivity index (χ0v) is 13.7. The van der Waals surface area contributed by atoms with Gasteiger partial charge in [-0.1, -0.05) is 13.8 Å². The molecule has 18 heavy (non-hydrogen) atoms. The summed E-state index contributed by atoms with van der Waals surface area (Å²) in [7, 11) is 0. The topological polar surface area (TPSA) is 34.1 Å². The highest BCUT2D eigenvalue weighted by atomic mass is 32.2. The predicted molar refractivity (Wildman–Crippen MR) is 83.6 cm³/mol. The van der Waals surface area contributed by atoms with Crippen LogP contribution in [0.2, 0.25) is 0 Å². The monoisotopic (exact) mass is 290 g/mol. The molecule has 2 nitrogen and oxygen atoms in total. The SMILES string of the molecule is CCC(CSCCSCC(CC)C(C)=O)C(C)=O. The molecule has 0 aliphatic heterocycles. The van der Waals surface area contributed by atoms with Gasteiger partial charge in [0, 0.05) is 34.8 Å². The second-order valence-corrected chi connectivity index (χ2v) is 6.88. The van der Waals surface area contributed by atoms with E-state index < -0.39 is 0 Å². The molecule has 4 heteroatoms. The van der Waals surface area contributed by atoms with Gasteiger partial charge < -0.3 is 0 Å². The zero-order chi connectivity index (χ0) is 14.0. The Balaban J connectivity index is 3.56. The van der Waals surface area contributed by atoms with Gasteiger partial charge in [-0.05, 0) is 26.7 Å². The lowest BCUT2D eigenvalue weighted by Crippen LogP contribution is -2.14. The Labute approximate surface area is 120 Å². The van der Waals surface area contributed by atoms with Crippen LogP contribution in [0.1, 0.15) is 40.5 Å². The Morgan fingerprint density at radius 1 is 0.833 bits per heavy atom. The molecule has 0 fully saturated rings. The Kier molecular flexibility index (Phi) is 10.9. The van der Waals surface area contributed by atoms with Crippen molar-refractivity contribution in [3.63, 3.8) is 0 Å². The molecule has 2 atom stereocenters. The molecule has 0 saturated carbocycles. The van der Waals surface area contributed by atoms with Gasteiger partial charge in [-0.25, -0.2) is 0 Å². The van der Waals surface area contributed by atoms with Crippen LogP contribution < -0.4 is 0 Å². The molecule has 0 N–H and O–H groups in total. The molecule has 0 aliphatic carbocycles. The molecule has 106 valence electrons. The van der Waals surface area contributed by atoms with Gasteiger partial charge >= 0.3 is 0 Å². The molecular formula is C14H26O2S2. The van der Waals surface area contributed by atoms with E-state index in [-0.39, 0.29) is 11.8 Å². The molecule has 0 aliphatic rings. The average molecular weight is 290 g/mol. The lowest BCUT2D eigenvalue weighted by atomic mass is 10.1. The first-order valence-electron chi connectivity index (χ1n) is 6.69. The van der Waals surface area contributed by atoms with Crippen molar-refractivity contribution in [3.05, 3.63) is 0 Å². The molecule has 0 heterocycles. The quantitative estimate of drug-likeness (QED) is 0.544. The van der Waals surface area contributed by atoms with Crippen LogP contribution in [0, 0.1) is 11.8 Å². The number of Topliss-reactive ketones (excluding diaryl/α,β-unsaturated/α-hetero) is 2. The molecule has 0 radical (unpaired) electrons. The van der Waals surface area contributed by atoms with Gasteiger partial charge in [-0.15, -0.1) is 0 Å². The van der Waals surface area contributed by atoms with Crippen LogP contribution in [0.15, 0.2) is 0 Å². The van der Waals surface area contributed by atoms with Crippen molar-refractivity contribution in [2.45, 2.75) is 40.5 Å². The maximum absolute atomic E-state index is 11.2. The van der Waals surface area contributed by atoms with Gasteiger partial charge in [-0.2, -0.15) is 23.5 Å². The van der Waals surface area contributed by atoms with E-state index in [2.05, 4.69) is 13.8 Å². The third kappa shape index (κ3) is 8.20. The van der Waals surface area contributed by atoms with E-state index in [1.807, 2.05) is 23.5 Å². The Morgan fingerprint density at radius 3 is 1.39 bits per heavy atom. The summed E-state index contributed by atoms with van der Waals surface area (Å²) in [5.74, 6) is 5.08. The third-order valence-electron chi connectivity index (χ3n) is 3.15. The standard InChI is InChI=1S/C14H26O2S2/c1-5-13(11(3)15)9-17-7-8-18-10-14(6-2)12(4)16/h13-14H,5-10H2,1-4H3. The summed E-state index contributed by atoms with van der Waals surface area (Å²) in [6, 6.07) is 0. The highest BCUT2D eigenvalue weighted by Crippen LogP contribution is 2.17.